The van der Waals surface area contributed by atoms with Crippen LogP contribution in [0.3, 0.4) is 0 Å². The first-order valence-corrected chi connectivity index (χ1v) is 8.18. The quantitative estimate of drug-likeness (QED) is 0.913. The third-order valence-electron chi connectivity index (χ3n) is 4.27. The molecule has 1 aromatic carbocycles. The van der Waals surface area contributed by atoms with Crippen LogP contribution in [0.4, 0.5) is 4.39 Å². The van der Waals surface area contributed by atoms with Gasteiger partial charge in [-0.2, -0.15) is 0 Å². The van der Waals surface area contributed by atoms with Gasteiger partial charge in [0.1, 0.15) is 11.5 Å². The summed E-state index contributed by atoms with van der Waals surface area (Å²) in [5, 5.41) is 17.2. The predicted octanol–water partition coefficient (Wildman–Crippen LogP) is 1.97. The number of likely N-dealkylation sites (tertiary alicyclic amines) is 1. The number of hydrogen-bond acceptors (Lipinski definition) is 4. The molecule has 0 bridgehead atoms. The topological polar surface area (TPSA) is 71.2 Å². The summed E-state index contributed by atoms with van der Waals surface area (Å²) >= 11 is 5.98. The second kappa shape index (κ2) is 7.27. The standard InChI is InChI=1S/C16H18ClFN4O2/c17-15-8-12(18)2-1-11(15)7-16(24)21-5-3-14(4-6-21)22-9-13(10-23)19-20-22/h1-2,8-9,14,23H,3-7,10H2. The van der Waals surface area contributed by atoms with E-state index in [-0.39, 0.29) is 30.0 Å². The number of hydrogen-bond donors (Lipinski definition) is 1. The minimum Gasteiger partial charge on any atom is -0.390 e. The summed E-state index contributed by atoms with van der Waals surface area (Å²) in [6.07, 6.45) is 3.45. The Morgan fingerprint density at radius 2 is 2.12 bits per heavy atom. The number of nitrogens with zero attached hydrogens (tertiary/aromatic N) is 4. The molecule has 1 aliphatic rings. The SMILES string of the molecule is O=C(Cc1ccc(F)cc1Cl)N1CCC(n2cc(CO)nn2)CC1. The summed E-state index contributed by atoms with van der Waals surface area (Å²) in [6, 6.07) is 4.26. The summed E-state index contributed by atoms with van der Waals surface area (Å²) in [7, 11) is 0. The molecule has 2 heterocycles. The minimum absolute atomic E-state index is 0.0170. The average Bonchev–Trinajstić information content (AvgIpc) is 3.06. The lowest BCUT2D eigenvalue weighted by Gasteiger charge is -2.32. The molecule has 0 saturated carbocycles. The Bertz CT molecular complexity index is 729. The van der Waals surface area contributed by atoms with Gasteiger partial charge in [-0.15, -0.1) is 5.10 Å². The van der Waals surface area contributed by atoms with Crippen molar-refractivity contribution in [3.63, 3.8) is 0 Å². The van der Waals surface area contributed by atoms with Crippen molar-refractivity contribution in [2.75, 3.05) is 13.1 Å². The van der Waals surface area contributed by atoms with Crippen LogP contribution in [0, 0.1) is 5.82 Å². The highest BCUT2D eigenvalue weighted by molar-refractivity contribution is 6.31. The van der Waals surface area contributed by atoms with Gasteiger partial charge < -0.3 is 10.0 Å². The van der Waals surface area contributed by atoms with Crippen LogP contribution in [-0.2, 0) is 17.8 Å². The molecule has 1 amide bonds. The maximum atomic E-state index is 13.1. The van der Waals surface area contributed by atoms with Crippen LogP contribution in [0.2, 0.25) is 5.02 Å². The second-order valence-electron chi connectivity index (χ2n) is 5.87. The van der Waals surface area contributed by atoms with Crippen LogP contribution in [-0.4, -0.2) is 44.0 Å². The second-order valence-corrected chi connectivity index (χ2v) is 6.28. The van der Waals surface area contributed by atoms with Crippen molar-refractivity contribution in [1.29, 1.82) is 0 Å². The minimum atomic E-state index is -0.410. The Morgan fingerprint density at radius 3 is 2.75 bits per heavy atom. The first-order valence-electron chi connectivity index (χ1n) is 7.80. The lowest BCUT2D eigenvalue weighted by molar-refractivity contribution is -0.131. The van der Waals surface area contributed by atoms with Crippen molar-refractivity contribution in [2.45, 2.75) is 31.9 Å². The molecular formula is C16H18ClFN4O2. The maximum Gasteiger partial charge on any atom is 0.227 e. The fraction of sp³-hybridized carbons (Fsp3) is 0.438. The van der Waals surface area contributed by atoms with Crippen molar-refractivity contribution >= 4 is 17.5 Å². The number of rotatable bonds is 4. The zero-order valence-electron chi connectivity index (χ0n) is 13.0. The van der Waals surface area contributed by atoms with Gasteiger partial charge >= 0.3 is 0 Å². The van der Waals surface area contributed by atoms with Gasteiger partial charge in [0, 0.05) is 18.1 Å². The molecule has 0 atom stereocenters. The largest absolute Gasteiger partial charge is 0.390 e. The lowest BCUT2D eigenvalue weighted by atomic mass is 10.0. The first kappa shape index (κ1) is 16.9. The van der Waals surface area contributed by atoms with Crippen LogP contribution in [0.15, 0.2) is 24.4 Å². The summed E-state index contributed by atoms with van der Waals surface area (Å²) in [6.45, 7) is 1.11. The monoisotopic (exact) mass is 352 g/mol. The highest BCUT2D eigenvalue weighted by Gasteiger charge is 2.25. The van der Waals surface area contributed by atoms with Crippen LogP contribution in [0.5, 0.6) is 0 Å². The molecule has 0 spiro atoms. The van der Waals surface area contributed by atoms with Gasteiger partial charge in [-0.05, 0) is 30.5 Å². The summed E-state index contributed by atoms with van der Waals surface area (Å²) in [5.41, 5.74) is 1.17. The van der Waals surface area contributed by atoms with Gasteiger partial charge in [0.2, 0.25) is 5.91 Å². The zero-order valence-corrected chi connectivity index (χ0v) is 13.8. The molecule has 1 aliphatic heterocycles. The molecule has 0 radical (unpaired) electrons. The van der Waals surface area contributed by atoms with E-state index in [9.17, 15) is 9.18 Å². The van der Waals surface area contributed by atoms with Gasteiger partial charge in [0.15, 0.2) is 0 Å². The molecular weight excluding hydrogens is 335 g/mol. The highest BCUT2D eigenvalue weighted by Crippen LogP contribution is 2.23. The molecule has 24 heavy (non-hydrogen) atoms. The number of aromatic nitrogens is 3. The molecule has 1 aromatic heterocycles. The molecule has 0 unspecified atom stereocenters. The number of aliphatic hydroxyl groups excluding tert-OH is 1. The third kappa shape index (κ3) is 3.73. The Kier molecular flexibility index (Phi) is 5.11. The van der Waals surface area contributed by atoms with E-state index in [1.807, 2.05) is 0 Å². The number of carbonyl (C=O) groups excluding carboxylic acids is 1. The molecule has 2 aromatic rings. The molecule has 1 fully saturated rings. The molecule has 1 saturated heterocycles. The van der Waals surface area contributed by atoms with E-state index in [2.05, 4.69) is 10.3 Å². The van der Waals surface area contributed by atoms with Crippen molar-refractivity contribution in [1.82, 2.24) is 19.9 Å². The first-order chi connectivity index (χ1) is 11.6. The highest BCUT2D eigenvalue weighted by atomic mass is 35.5. The van der Waals surface area contributed by atoms with Crippen molar-refractivity contribution in [2.24, 2.45) is 0 Å². The molecule has 3 rings (SSSR count). The normalized spacial score (nSPS) is 15.7. The number of halogens is 2. The van der Waals surface area contributed by atoms with Gasteiger partial charge in [0.25, 0.3) is 0 Å². The molecule has 128 valence electrons. The van der Waals surface area contributed by atoms with E-state index in [0.29, 0.717) is 24.3 Å². The lowest BCUT2D eigenvalue weighted by Crippen LogP contribution is -2.40. The van der Waals surface area contributed by atoms with Crippen LogP contribution in [0.25, 0.3) is 0 Å². The maximum absolute atomic E-state index is 13.1. The molecule has 8 heteroatoms. The summed E-state index contributed by atoms with van der Waals surface area (Å²) in [4.78, 5) is 14.2. The van der Waals surface area contributed by atoms with Crippen molar-refractivity contribution in [3.05, 3.63) is 46.5 Å². The Balaban J connectivity index is 1.56. The molecule has 6 nitrogen and oxygen atoms in total. The van der Waals surface area contributed by atoms with Gasteiger partial charge in [-0.1, -0.05) is 22.9 Å². The van der Waals surface area contributed by atoms with Crippen molar-refractivity contribution < 1.29 is 14.3 Å². The third-order valence-corrected chi connectivity index (χ3v) is 4.62. The van der Waals surface area contributed by atoms with Gasteiger partial charge in [-0.25, -0.2) is 9.07 Å². The number of carbonyl (C=O) groups is 1. The van der Waals surface area contributed by atoms with E-state index < -0.39 is 5.82 Å². The Morgan fingerprint density at radius 1 is 1.38 bits per heavy atom. The van der Waals surface area contributed by atoms with Crippen molar-refractivity contribution in [3.8, 4) is 0 Å². The van der Waals surface area contributed by atoms with E-state index in [0.717, 1.165) is 12.8 Å². The van der Waals surface area contributed by atoms with Gasteiger partial charge in [0.05, 0.1) is 25.3 Å². The van der Waals surface area contributed by atoms with E-state index in [1.165, 1.54) is 12.1 Å². The van der Waals surface area contributed by atoms with E-state index in [4.69, 9.17) is 16.7 Å². The fourth-order valence-corrected chi connectivity index (χ4v) is 3.12. The summed E-state index contributed by atoms with van der Waals surface area (Å²) < 4.78 is 14.8. The zero-order chi connectivity index (χ0) is 17.1. The molecule has 1 N–H and O–H groups in total. The van der Waals surface area contributed by atoms with Crippen LogP contribution in [0.1, 0.15) is 30.1 Å². The Hall–Kier alpha value is -1.99. The fourth-order valence-electron chi connectivity index (χ4n) is 2.88. The number of amides is 1. The Labute approximate surface area is 143 Å². The van der Waals surface area contributed by atoms with E-state index in [1.54, 1.807) is 21.8 Å². The number of aliphatic hydroxyl groups is 1. The van der Waals surface area contributed by atoms with Gasteiger partial charge in [-0.3, -0.25) is 4.79 Å². The summed E-state index contributed by atoms with van der Waals surface area (Å²) in [5.74, 6) is -0.427. The average molecular weight is 353 g/mol. The molecule has 0 aliphatic carbocycles. The smallest absolute Gasteiger partial charge is 0.227 e. The predicted molar refractivity (Wildman–Crippen MR) is 85.9 cm³/mol. The van der Waals surface area contributed by atoms with Crippen LogP contribution >= 0.6 is 11.6 Å². The number of piperidine rings is 1. The van der Waals surface area contributed by atoms with Crippen LogP contribution < -0.4 is 0 Å². The van der Waals surface area contributed by atoms with E-state index >= 15 is 0 Å². The number of benzene rings is 1.